The zero-order valence-corrected chi connectivity index (χ0v) is 5.54. The summed E-state index contributed by atoms with van der Waals surface area (Å²) in [6.45, 7) is 0. The van der Waals surface area contributed by atoms with Crippen LogP contribution in [0.3, 0.4) is 0 Å². The molecule has 2 nitrogen and oxygen atoms in total. The Kier molecular flexibility index (Phi) is 2.21. The first kappa shape index (κ1) is 7.00. The molecule has 1 N–H and O–H groups in total. The monoisotopic (exact) mass is 130 g/mol. The standard InChI is InChI=1S/C7H7BN2/c8-7-3-6(1-2-9)4-10-5-7/h2-5,9H,1H2. The highest BCUT2D eigenvalue weighted by Crippen LogP contribution is 1.91. The SMILES string of the molecule is [B]c1cncc(CC=N)c1. The van der Waals surface area contributed by atoms with Gasteiger partial charge in [0.1, 0.15) is 7.85 Å². The number of hydrogen-bond acceptors (Lipinski definition) is 2. The van der Waals surface area contributed by atoms with Gasteiger partial charge in [0.25, 0.3) is 0 Å². The Hall–Kier alpha value is -1.12. The van der Waals surface area contributed by atoms with Crippen LogP contribution in [0.2, 0.25) is 0 Å². The molecule has 1 aromatic rings. The van der Waals surface area contributed by atoms with Crippen LogP contribution in [0.15, 0.2) is 18.5 Å². The summed E-state index contributed by atoms with van der Waals surface area (Å²) in [6, 6.07) is 1.82. The normalized spacial score (nSPS) is 9.20. The van der Waals surface area contributed by atoms with Crippen LogP contribution in [0.5, 0.6) is 0 Å². The van der Waals surface area contributed by atoms with E-state index in [-0.39, 0.29) is 0 Å². The number of pyridine rings is 1. The average molecular weight is 130 g/mol. The molecule has 0 saturated heterocycles. The van der Waals surface area contributed by atoms with E-state index in [1.54, 1.807) is 12.4 Å². The van der Waals surface area contributed by atoms with Crippen LogP contribution in [-0.2, 0) is 6.42 Å². The van der Waals surface area contributed by atoms with Gasteiger partial charge in [-0.2, -0.15) is 0 Å². The Labute approximate surface area is 61.2 Å². The second-order valence-electron chi connectivity index (χ2n) is 2.03. The number of hydrogen-bond donors (Lipinski definition) is 1. The van der Waals surface area contributed by atoms with Gasteiger partial charge in [0.15, 0.2) is 0 Å². The van der Waals surface area contributed by atoms with E-state index in [1.807, 2.05) is 6.07 Å². The van der Waals surface area contributed by atoms with Crippen molar-refractivity contribution >= 4 is 19.5 Å². The Morgan fingerprint density at radius 1 is 1.60 bits per heavy atom. The predicted molar refractivity (Wildman–Crippen MR) is 42.1 cm³/mol. The van der Waals surface area contributed by atoms with Crippen LogP contribution in [0.1, 0.15) is 5.56 Å². The lowest BCUT2D eigenvalue weighted by atomic mass is 9.97. The first-order valence-corrected chi connectivity index (χ1v) is 3.01. The van der Waals surface area contributed by atoms with Crippen molar-refractivity contribution in [2.45, 2.75) is 6.42 Å². The molecule has 0 amide bonds. The van der Waals surface area contributed by atoms with Crippen LogP contribution < -0.4 is 5.46 Å². The summed E-state index contributed by atoms with van der Waals surface area (Å²) in [5.74, 6) is 0. The van der Waals surface area contributed by atoms with Gasteiger partial charge in [-0.05, 0) is 11.8 Å². The number of nitrogens with zero attached hydrogens (tertiary/aromatic N) is 1. The van der Waals surface area contributed by atoms with Crippen molar-refractivity contribution < 1.29 is 0 Å². The molecule has 1 heterocycles. The van der Waals surface area contributed by atoms with E-state index in [1.165, 1.54) is 6.21 Å². The summed E-state index contributed by atoms with van der Waals surface area (Å²) in [6.07, 6.45) is 5.24. The summed E-state index contributed by atoms with van der Waals surface area (Å²) in [4.78, 5) is 3.87. The van der Waals surface area contributed by atoms with E-state index in [0.29, 0.717) is 11.9 Å². The van der Waals surface area contributed by atoms with Gasteiger partial charge in [-0.25, -0.2) is 0 Å². The predicted octanol–water partition coefficient (Wildman–Crippen LogP) is 0.0675. The molecule has 0 bridgehead atoms. The highest BCUT2D eigenvalue weighted by Gasteiger charge is 1.88. The minimum Gasteiger partial charge on any atom is -0.313 e. The number of nitrogens with one attached hydrogen (secondary N) is 1. The fourth-order valence-electron chi connectivity index (χ4n) is 0.737. The third kappa shape index (κ3) is 1.69. The Morgan fingerprint density at radius 2 is 2.40 bits per heavy atom. The largest absolute Gasteiger partial charge is 0.313 e. The van der Waals surface area contributed by atoms with Crippen molar-refractivity contribution in [1.29, 1.82) is 5.41 Å². The van der Waals surface area contributed by atoms with E-state index in [9.17, 15) is 0 Å². The zero-order valence-electron chi connectivity index (χ0n) is 5.54. The minimum atomic E-state index is 0.609. The van der Waals surface area contributed by atoms with Crippen LogP contribution in [-0.4, -0.2) is 19.0 Å². The zero-order chi connectivity index (χ0) is 7.40. The van der Waals surface area contributed by atoms with E-state index < -0.39 is 0 Å². The van der Waals surface area contributed by atoms with Crippen molar-refractivity contribution in [1.82, 2.24) is 4.98 Å². The molecule has 0 atom stereocenters. The van der Waals surface area contributed by atoms with Crippen molar-refractivity contribution in [2.75, 3.05) is 0 Å². The molecule has 0 aliphatic heterocycles. The molecule has 48 valence electrons. The average Bonchev–Trinajstić information content (AvgIpc) is 1.88. The first-order chi connectivity index (χ1) is 4.83. The van der Waals surface area contributed by atoms with Crippen LogP contribution in [0.4, 0.5) is 0 Å². The topological polar surface area (TPSA) is 36.7 Å². The molecular formula is C7H7BN2. The van der Waals surface area contributed by atoms with Gasteiger partial charge < -0.3 is 5.41 Å². The highest BCUT2D eigenvalue weighted by molar-refractivity contribution is 6.32. The van der Waals surface area contributed by atoms with Crippen LogP contribution >= 0.6 is 0 Å². The summed E-state index contributed by atoms with van der Waals surface area (Å²) in [5, 5.41) is 6.82. The molecule has 10 heavy (non-hydrogen) atoms. The maximum atomic E-state index is 6.82. The molecule has 3 heteroatoms. The molecule has 1 aromatic heterocycles. The molecule has 0 aliphatic rings. The highest BCUT2D eigenvalue weighted by atomic mass is 14.6. The number of aromatic nitrogens is 1. The van der Waals surface area contributed by atoms with Gasteiger partial charge in [0.2, 0.25) is 0 Å². The molecule has 2 radical (unpaired) electrons. The fourth-order valence-corrected chi connectivity index (χ4v) is 0.737. The molecular weight excluding hydrogens is 123 g/mol. The molecule has 0 saturated carbocycles. The van der Waals surface area contributed by atoms with Crippen molar-refractivity contribution in [3.63, 3.8) is 0 Å². The molecule has 0 aliphatic carbocycles. The maximum absolute atomic E-state index is 6.82. The quantitative estimate of drug-likeness (QED) is 0.446. The molecule has 0 fully saturated rings. The Bertz CT molecular complexity index is 235. The Morgan fingerprint density at radius 3 is 3.00 bits per heavy atom. The van der Waals surface area contributed by atoms with Crippen LogP contribution in [0.25, 0.3) is 0 Å². The third-order valence-corrected chi connectivity index (χ3v) is 1.15. The van der Waals surface area contributed by atoms with Gasteiger partial charge >= 0.3 is 0 Å². The Balaban J connectivity index is 2.84. The fraction of sp³-hybridized carbons (Fsp3) is 0.143. The van der Waals surface area contributed by atoms with Gasteiger partial charge in [-0.15, -0.1) is 0 Å². The van der Waals surface area contributed by atoms with E-state index in [0.717, 1.165) is 5.56 Å². The van der Waals surface area contributed by atoms with Crippen molar-refractivity contribution in [2.24, 2.45) is 0 Å². The second kappa shape index (κ2) is 3.15. The molecule has 0 aromatic carbocycles. The van der Waals surface area contributed by atoms with Gasteiger partial charge in [0.05, 0.1) is 0 Å². The lowest BCUT2D eigenvalue weighted by Gasteiger charge is -1.95. The summed E-state index contributed by atoms with van der Waals surface area (Å²) < 4.78 is 0. The van der Waals surface area contributed by atoms with Gasteiger partial charge in [-0.1, -0.05) is 11.5 Å². The van der Waals surface area contributed by atoms with E-state index in [2.05, 4.69) is 4.98 Å². The maximum Gasteiger partial charge on any atom is 0.115 e. The van der Waals surface area contributed by atoms with E-state index in [4.69, 9.17) is 13.3 Å². The van der Waals surface area contributed by atoms with Gasteiger partial charge in [0, 0.05) is 18.8 Å². The molecule has 1 rings (SSSR count). The van der Waals surface area contributed by atoms with Crippen molar-refractivity contribution in [3.8, 4) is 0 Å². The smallest absolute Gasteiger partial charge is 0.115 e. The summed E-state index contributed by atoms with van der Waals surface area (Å²) in [5.41, 5.74) is 1.63. The summed E-state index contributed by atoms with van der Waals surface area (Å²) in [7, 11) is 5.45. The van der Waals surface area contributed by atoms with E-state index >= 15 is 0 Å². The molecule has 0 unspecified atom stereocenters. The van der Waals surface area contributed by atoms with Gasteiger partial charge in [-0.3, -0.25) is 4.98 Å². The first-order valence-electron chi connectivity index (χ1n) is 3.01. The minimum absolute atomic E-state index is 0.609. The van der Waals surface area contributed by atoms with Crippen molar-refractivity contribution in [3.05, 3.63) is 24.0 Å². The van der Waals surface area contributed by atoms with Crippen LogP contribution in [0, 0.1) is 5.41 Å². The lowest BCUT2D eigenvalue weighted by Crippen LogP contribution is -2.04. The second-order valence-corrected chi connectivity index (χ2v) is 2.03. The lowest BCUT2D eigenvalue weighted by molar-refractivity contribution is 1.24. The third-order valence-electron chi connectivity index (χ3n) is 1.15. The molecule has 0 spiro atoms. The summed E-state index contributed by atoms with van der Waals surface area (Å²) >= 11 is 0. The number of rotatable bonds is 2.